The highest BCUT2D eigenvalue weighted by Gasteiger charge is 2.27. The van der Waals surface area contributed by atoms with Crippen LogP contribution in [0.15, 0.2) is 41.3 Å². The molecule has 0 heterocycles. The van der Waals surface area contributed by atoms with Gasteiger partial charge in [0.1, 0.15) is 10.6 Å². The Morgan fingerprint density at radius 2 is 1.58 bits per heavy atom. The number of benzene rings is 2. The first-order valence-corrected chi connectivity index (χ1v) is 12.5. The highest BCUT2D eigenvalue weighted by Crippen LogP contribution is 2.40. The maximum Gasteiger partial charge on any atom is 0.335 e. The Labute approximate surface area is 185 Å². The zero-order valence-corrected chi connectivity index (χ0v) is 19.7. The van der Waals surface area contributed by atoms with Crippen LogP contribution in [0, 0.1) is 6.92 Å². The summed E-state index contributed by atoms with van der Waals surface area (Å²) < 4.78 is 32.1. The van der Waals surface area contributed by atoms with Crippen LogP contribution in [0.25, 0.3) is 0 Å². The number of nitrogens with zero attached hydrogens (tertiary/aromatic N) is 1. The average molecular weight is 448 g/mol. The van der Waals surface area contributed by atoms with Crippen LogP contribution in [0.5, 0.6) is 11.5 Å². The number of aromatic carboxylic acids is 1. The van der Waals surface area contributed by atoms with E-state index >= 15 is 0 Å². The largest absolute Gasteiger partial charge is 0.478 e. The lowest BCUT2D eigenvalue weighted by molar-refractivity contribution is 0.0696. The van der Waals surface area contributed by atoms with Gasteiger partial charge >= 0.3 is 5.97 Å². The highest BCUT2D eigenvalue weighted by molar-refractivity contribution is 7.91. The summed E-state index contributed by atoms with van der Waals surface area (Å²) in [6.45, 7) is 9.06. The van der Waals surface area contributed by atoms with Gasteiger partial charge < -0.3 is 14.7 Å². The molecule has 0 saturated carbocycles. The van der Waals surface area contributed by atoms with Crippen molar-refractivity contribution in [1.29, 1.82) is 0 Å². The van der Waals surface area contributed by atoms with Crippen molar-refractivity contribution in [3.05, 3.63) is 47.5 Å². The molecular weight excluding hydrogens is 414 g/mol. The fourth-order valence-electron chi connectivity index (χ4n) is 3.21. The second-order valence-corrected chi connectivity index (χ2v) is 9.89. The van der Waals surface area contributed by atoms with Crippen LogP contribution in [-0.4, -0.2) is 38.3 Å². The lowest BCUT2D eigenvalue weighted by Gasteiger charge is -2.28. The van der Waals surface area contributed by atoms with Crippen LogP contribution >= 0.6 is 0 Å². The second-order valence-electron chi connectivity index (χ2n) is 7.64. The van der Waals surface area contributed by atoms with Crippen molar-refractivity contribution in [3.8, 4) is 11.5 Å². The van der Waals surface area contributed by atoms with E-state index in [9.17, 15) is 18.3 Å². The Morgan fingerprint density at radius 3 is 2.06 bits per heavy atom. The standard InChI is InChI=1S/C24H33NO5S/c1-5-8-14-25(15-9-6-2)21-16-19(24(26)27)17-22(31(28,29)7-3)23(21)30-20-12-10-18(4)11-13-20/h10-13,16-17H,5-9,14-15H2,1-4H3,(H,26,27). The molecule has 0 saturated heterocycles. The molecule has 31 heavy (non-hydrogen) atoms. The second kappa shape index (κ2) is 11.2. The number of aryl methyl sites for hydroxylation is 1. The molecule has 1 N–H and O–H groups in total. The third-order valence-corrected chi connectivity index (χ3v) is 6.88. The van der Waals surface area contributed by atoms with E-state index in [-0.39, 0.29) is 22.0 Å². The van der Waals surface area contributed by atoms with Crippen LogP contribution in [0.1, 0.15) is 62.4 Å². The van der Waals surface area contributed by atoms with Gasteiger partial charge in [0.05, 0.1) is 17.0 Å². The van der Waals surface area contributed by atoms with Crippen LogP contribution in [0.2, 0.25) is 0 Å². The smallest absolute Gasteiger partial charge is 0.335 e. The Bertz CT molecular complexity index is 976. The van der Waals surface area contributed by atoms with Crippen LogP contribution in [0.4, 0.5) is 5.69 Å². The average Bonchev–Trinajstić information content (AvgIpc) is 2.75. The number of rotatable bonds is 12. The quantitative estimate of drug-likeness (QED) is 0.450. The lowest BCUT2D eigenvalue weighted by Crippen LogP contribution is -2.27. The van der Waals surface area contributed by atoms with Crippen molar-refractivity contribution in [2.45, 2.75) is 58.3 Å². The fraction of sp³-hybridized carbons (Fsp3) is 0.458. The summed E-state index contributed by atoms with van der Waals surface area (Å²) in [6.07, 6.45) is 3.74. The molecular formula is C24H33NO5S. The van der Waals surface area contributed by atoms with Crippen molar-refractivity contribution in [2.75, 3.05) is 23.7 Å². The maximum atomic E-state index is 13.0. The Balaban J connectivity index is 2.75. The molecule has 0 aromatic heterocycles. The molecule has 7 heteroatoms. The first-order chi connectivity index (χ1) is 14.7. The molecule has 0 fully saturated rings. The monoisotopic (exact) mass is 447 g/mol. The Morgan fingerprint density at radius 1 is 1.00 bits per heavy atom. The van der Waals surface area contributed by atoms with E-state index in [2.05, 4.69) is 18.7 Å². The third-order valence-electron chi connectivity index (χ3n) is 5.14. The Kier molecular flexibility index (Phi) is 8.92. The van der Waals surface area contributed by atoms with Gasteiger partial charge in [0.15, 0.2) is 15.6 Å². The summed E-state index contributed by atoms with van der Waals surface area (Å²) in [4.78, 5) is 13.8. The molecule has 170 valence electrons. The molecule has 0 spiro atoms. The van der Waals surface area contributed by atoms with E-state index in [0.29, 0.717) is 24.5 Å². The highest BCUT2D eigenvalue weighted by atomic mass is 32.2. The van der Waals surface area contributed by atoms with Crippen LogP contribution in [-0.2, 0) is 9.84 Å². The Hall–Kier alpha value is -2.54. The number of carbonyl (C=O) groups is 1. The predicted molar refractivity (Wildman–Crippen MR) is 124 cm³/mol. The lowest BCUT2D eigenvalue weighted by atomic mass is 10.1. The van der Waals surface area contributed by atoms with E-state index in [1.807, 2.05) is 19.1 Å². The van der Waals surface area contributed by atoms with Gasteiger partial charge in [0.2, 0.25) is 0 Å². The van der Waals surface area contributed by atoms with E-state index in [4.69, 9.17) is 4.74 Å². The summed E-state index contributed by atoms with van der Waals surface area (Å²) in [5.74, 6) is -0.609. The van der Waals surface area contributed by atoms with Crippen molar-refractivity contribution >= 4 is 21.5 Å². The third kappa shape index (κ3) is 6.47. The topological polar surface area (TPSA) is 83.9 Å². The van der Waals surface area contributed by atoms with Gasteiger partial charge in [-0.1, -0.05) is 51.3 Å². The van der Waals surface area contributed by atoms with Crippen molar-refractivity contribution < 1.29 is 23.1 Å². The minimum Gasteiger partial charge on any atom is -0.478 e. The van der Waals surface area contributed by atoms with E-state index < -0.39 is 15.8 Å². The molecule has 2 aromatic carbocycles. The molecule has 2 aromatic rings. The molecule has 0 radical (unpaired) electrons. The molecule has 2 rings (SSSR count). The molecule has 0 unspecified atom stereocenters. The molecule has 0 bridgehead atoms. The number of unbranched alkanes of at least 4 members (excludes halogenated alkanes) is 2. The van der Waals surface area contributed by atoms with Crippen LogP contribution in [0.3, 0.4) is 0 Å². The summed E-state index contributed by atoms with van der Waals surface area (Å²) >= 11 is 0. The minimum absolute atomic E-state index is 0.0590. The van der Waals surface area contributed by atoms with Gasteiger partial charge in [-0.15, -0.1) is 0 Å². The van der Waals surface area contributed by atoms with Crippen LogP contribution < -0.4 is 9.64 Å². The van der Waals surface area contributed by atoms with Gasteiger partial charge in [0.25, 0.3) is 0 Å². The number of hydrogen-bond acceptors (Lipinski definition) is 5. The summed E-state index contributed by atoms with van der Waals surface area (Å²) in [6, 6.07) is 10.1. The fourth-order valence-corrected chi connectivity index (χ4v) is 4.26. The molecule has 0 amide bonds. The SMILES string of the molecule is CCCCN(CCCC)c1cc(C(=O)O)cc(S(=O)(=O)CC)c1Oc1ccc(C)cc1. The molecule has 0 aliphatic carbocycles. The number of ether oxygens (including phenoxy) is 1. The number of carboxylic acids is 1. The maximum absolute atomic E-state index is 13.0. The van der Waals surface area contributed by atoms with Gasteiger partial charge in [0, 0.05) is 13.1 Å². The normalized spacial score (nSPS) is 11.4. The first-order valence-electron chi connectivity index (χ1n) is 10.9. The van der Waals surface area contributed by atoms with Gasteiger partial charge in [-0.3, -0.25) is 0 Å². The van der Waals surface area contributed by atoms with Gasteiger partial charge in [-0.25, -0.2) is 13.2 Å². The summed E-state index contributed by atoms with van der Waals surface area (Å²) in [5, 5.41) is 9.66. The predicted octanol–water partition coefficient (Wildman–Crippen LogP) is 5.69. The van der Waals surface area contributed by atoms with E-state index in [0.717, 1.165) is 31.2 Å². The number of sulfone groups is 1. The van der Waals surface area contributed by atoms with E-state index in [1.165, 1.54) is 12.1 Å². The van der Waals surface area contributed by atoms with E-state index in [1.54, 1.807) is 19.1 Å². The van der Waals surface area contributed by atoms with Crippen molar-refractivity contribution in [1.82, 2.24) is 0 Å². The molecule has 6 nitrogen and oxygen atoms in total. The number of carboxylic acid groups (broad SMARTS) is 1. The van der Waals surface area contributed by atoms with Crippen molar-refractivity contribution in [3.63, 3.8) is 0 Å². The first kappa shape index (κ1) is 24.7. The zero-order valence-electron chi connectivity index (χ0n) is 18.8. The van der Waals surface area contributed by atoms with Gasteiger partial charge in [-0.2, -0.15) is 0 Å². The minimum atomic E-state index is -3.73. The summed E-state index contributed by atoms with van der Waals surface area (Å²) in [5.41, 5.74) is 1.51. The molecule has 0 aliphatic heterocycles. The number of hydrogen-bond donors (Lipinski definition) is 1. The number of anilines is 1. The zero-order chi connectivity index (χ0) is 23.0. The molecule has 0 aliphatic rings. The van der Waals surface area contributed by atoms with Gasteiger partial charge in [-0.05, 0) is 44.0 Å². The summed E-state index contributed by atoms with van der Waals surface area (Å²) in [7, 11) is -3.73. The molecule has 0 atom stereocenters. The van der Waals surface area contributed by atoms with Crippen molar-refractivity contribution in [2.24, 2.45) is 0 Å².